The molecule has 1 aromatic heterocycles. The lowest BCUT2D eigenvalue weighted by Crippen LogP contribution is -2.42. The average molecular weight is 415 g/mol. The molecular weight excluding hydrogens is 396 g/mol. The standard InChI is InChI=1S/C21H19ClN2O3S/c22-17-18(20(26)16-6-2-1-5-15(16)19(17)25)24-9-7-13(8-10-24)21(27)23-12-14-4-3-11-28-14/h1-6,11,13H,7-10,12H2,(H,23,27). The Bertz CT molecular complexity index is 960. The summed E-state index contributed by atoms with van der Waals surface area (Å²) in [6, 6.07) is 10.7. The molecule has 28 heavy (non-hydrogen) atoms. The number of halogens is 1. The summed E-state index contributed by atoms with van der Waals surface area (Å²) in [6.07, 6.45) is 1.24. The summed E-state index contributed by atoms with van der Waals surface area (Å²) >= 11 is 7.90. The highest BCUT2D eigenvalue weighted by Gasteiger charge is 2.36. The molecule has 0 radical (unpaired) electrons. The van der Waals surface area contributed by atoms with Crippen molar-refractivity contribution in [3.05, 3.63) is 68.5 Å². The number of hydrogen-bond acceptors (Lipinski definition) is 5. The summed E-state index contributed by atoms with van der Waals surface area (Å²) in [7, 11) is 0. The molecule has 7 heteroatoms. The van der Waals surface area contributed by atoms with Gasteiger partial charge in [0.2, 0.25) is 17.5 Å². The van der Waals surface area contributed by atoms with Crippen LogP contribution in [0.3, 0.4) is 0 Å². The number of fused-ring (bicyclic) bond motifs is 1. The highest BCUT2D eigenvalue weighted by atomic mass is 35.5. The number of nitrogens with zero attached hydrogens (tertiary/aromatic N) is 1. The second-order valence-corrected chi connectivity index (χ2v) is 8.34. The van der Waals surface area contributed by atoms with E-state index >= 15 is 0 Å². The topological polar surface area (TPSA) is 66.5 Å². The van der Waals surface area contributed by atoms with E-state index in [9.17, 15) is 14.4 Å². The fourth-order valence-electron chi connectivity index (χ4n) is 3.71. The van der Waals surface area contributed by atoms with Crippen LogP contribution in [0.25, 0.3) is 0 Å². The molecule has 2 aromatic rings. The van der Waals surface area contributed by atoms with Crippen LogP contribution in [0.5, 0.6) is 0 Å². The molecule has 0 unspecified atom stereocenters. The Balaban J connectivity index is 1.42. The summed E-state index contributed by atoms with van der Waals surface area (Å²) in [4.78, 5) is 40.9. The molecule has 0 bridgehead atoms. The smallest absolute Gasteiger partial charge is 0.223 e. The molecule has 1 aliphatic carbocycles. The third-order valence-corrected chi connectivity index (χ3v) is 6.46. The van der Waals surface area contributed by atoms with Gasteiger partial charge in [0.05, 0.1) is 6.54 Å². The number of allylic oxidation sites excluding steroid dienone is 2. The van der Waals surface area contributed by atoms with Gasteiger partial charge in [-0.05, 0) is 24.3 Å². The van der Waals surface area contributed by atoms with Crippen LogP contribution in [-0.4, -0.2) is 35.5 Å². The molecule has 4 rings (SSSR count). The Hall–Kier alpha value is -2.44. The minimum Gasteiger partial charge on any atom is -0.367 e. The maximum Gasteiger partial charge on any atom is 0.223 e. The van der Waals surface area contributed by atoms with Gasteiger partial charge in [0.25, 0.3) is 0 Å². The van der Waals surface area contributed by atoms with Gasteiger partial charge in [-0.1, -0.05) is 41.9 Å². The van der Waals surface area contributed by atoms with Gasteiger partial charge in [0, 0.05) is 35.0 Å². The number of Topliss-reactive ketones (excluding diaryl/α,β-unsaturated/α-hetero) is 2. The zero-order valence-electron chi connectivity index (χ0n) is 15.1. The van der Waals surface area contributed by atoms with Crippen molar-refractivity contribution in [2.75, 3.05) is 13.1 Å². The number of amides is 1. The van der Waals surface area contributed by atoms with Gasteiger partial charge < -0.3 is 10.2 Å². The first-order valence-corrected chi connectivity index (χ1v) is 10.4. The fourth-order valence-corrected chi connectivity index (χ4v) is 4.66. The number of thiophene rings is 1. The third-order valence-electron chi connectivity index (χ3n) is 5.24. The van der Waals surface area contributed by atoms with E-state index in [0.29, 0.717) is 43.6 Å². The predicted molar refractivity (Wildman–Crippen MR) is 108 cm³/mol. The summed E-state index contributed by atoms with van der Waals surface area (Å²) < 4.78 is 0. The number of benzene rings is 1. The number of nitrogens with one attached hydrogen (secondary N) is 1. The molecule has 1 N–H and O–H groups in total. The van der Waals surface area contributed by atoms with E-state index in [1.807, 2.05) is 22.4 Å². The number of ketones is 2. The molecule has 1 fully saturated rings. The SMILES string of the molecule is O=C1C(Cl)=C(N2CCC(C(=O)NCc3cccs3)CC2)C(=O)c2ccccc21. The Morgan fingerprint density at radius 3 is 2.39 bits per heavy atom. The van der Waals surface area contributed by atoms with Crippen molar-refractivity contribution >= 4 is 40.4 Å². The van der Waals surface area contributed by atoms with Crippen molar-refractivity contribution in [1.29, 1.82) is 0 Å². The zero-order valence-corrected chi connectivity index (χ0v) is 16.7. The van der Waals surface area contributed by atoms with Crippen LogP contribution in [0.1, 0.15) is 38.4 Å². The lowest BCUT2D eigenvalue weighted by molar-refractivity contribution is -0.126. The number of likely N-dealkylation sites (tertiary alicyclic amines) is 1. The van der Waals surface area contributed by atoms with Crippen LogP contribution >= 0.6 is 22.9 Å². The summed E-state index contributed by atoms with van der Waals surface area (Å²) in [5.41, 5.74) is 1.01. The first-order valence-electron chi connectivity index (χ1n) is 9.19. The van der Waals surface area contributed by atoms with Crippen LogP contribution in [0.2, 0.25) is 0 Å². The quantitative estimate of drug-likeness (QED) is 0.830. The number of rotatable bonds is 4. The van der Waals surface area contributed by atoms with E-state index in [-0.39, 0.29) is 34.1 Å². The van der Waals surface area contributed by atoms with E-state index in [0.717, 1.165) is 4.88 Å². The molecule has 1 aliphatic heterocycles. The monoisotopic (exact) mass is 414 g/mol. The summed E-state index contributed by atoms with van der Waals surface area (Å²) in [5.74, 6) is -0.606. The van der Waals surface area contributed by atoms with Gasteiger partial charge in [-0.3, -0.25) is 14.4 Å². The molecule has 5 nitrogen and oxygen atoms in total. The van der Waals surface area contributed by atoms with Gasteiger partial charge in [-0.2, -0.15) is 0 Å². The summed E-state index contributed by atoms with van der Waals surface area (Å²) in [6.45, 7) is 1.57. The van der Waals surface area contributed by atoms with Crippen molar-refractivity contribution in [2.45, 2.75) is 19.4 Å². The minimum atomic E-state index is -0.317. The number of carbonyl (C=O) groups excluding carboxylic acids is 3. The van der Waals surface area contributed by atoms with Crippen LogP contribution in [-0.2, 0) is 11.3 Å². The van der Waals surface area contributed by atoms with Crippen LogP contribution in [0, 0.1) is 5.92 Å². The Morgan fingerprint density at radius 1 is 1.07 bits per heavy atom. The molecule has 2 heterocycles. The normalized spacial score (nSPS) is 17.7. The number of hydrogen-bond donors (Lipinski definition) is 1. The second kappa shape index (κ2) is 7.89. The van der Waals surface area contributed by atoms with E-state index in [2.05, 4.69) is 5.32 Å². The van der Waals surface area contributed by atoms with Crippen LogP contribution in [0.15, 0.2) is 52.5 Å². The zero-order chi connectivity index (χ0) is 19.7. The molecule has 0 spiro atoms. The molecule has 1 amide bonds. The second-order valence-electron chi connectivity index (χ2n) is 6.92. The molecule has 2 aliphatic rings. The largest absolute Gasteiger partial charge is 0.367 e. The fraction of sp³-hybridized carbons (Fsp3) is 0.286. The molecule has 1 aromatic carbocycles. The number of piperidine rings is 1. The number of carbonyl (C=O) groups is 3. The predicted octanol–water partition coefficient (Wildman–Crippen LogP) is 3.61. The Morgan fingerprint density at radius 2 is 1.75 bits per heavy atom. The van der Waals surface area contributed by atoms with E-state index in [1.54, 1.807) is 35.6 Å². The van der Waals surface area contributed by atoms with Crippen LogP contribution in [0.4, 0.5) is 0 Å². The highest BCUT2D eigenvalue weighted by molar-refractivity contribution is 7.09. The van der Waals surface area contributed by atoms with Gasteiger partial charge in [0.1, 0.15) is 10.7 Å². The summed E-state index contributed by atoms with van der Waals surface area (Å²) in [5, 5.41) is 4.94. The van der Waals surface area contributed by atoms with Crippen molar-refractivity contribution in [3.63, 3.8) is 0 Å². The van der Waals surface area contributed by atoms with Crippen molar-refractivity contribution in [3.8, 4) is 0 Å². The third kappa shape index (κ3) is 3.50. The minimum absolute atomic E-state index is 0.0238. The Labute approximate surface area is 172 Å². The van der Waals surface area contributed by atoms with Crippen molar-refractivity contribution < 1.29 is 14.4 Å². The maximum absolute atomic E-state index is 12.9. The van der Waals surface area contributed by atoms with E-state index in [4.69, 9.17) is 11.6 Å². The lowest BCUT2D eigenvalue weighted by Gasteiger charge is -2.35. The first kappa shape index (κ1) is 18.9. The van der Waals surface area contributed by atoms with Gasteiger partial charge in [-0.15, -0.1) is 11.3 Å². The lowest BCUT2D eigenvalue weighted by atomic mass is 9.89. The highest BCUT2D eigenvalue weighted by Crippen LogP contribution is 2.32. The van der Waals surface area contributed by atoms with Crippen molar-refractivity contribution in [1.82, 2.24) is 10.2 Å². The average Bonchev–Trinajstić information content (AvgIpc) is 3.25. The molecule has 0 saturated carbocycles. The van der Waals surface area contributed by atoms with Crippen LogP contribution < -0.4 is 5.32 Å². The Kier molecular flexibility index (Phi) is 5.33. The van der Waals surface area contributed by atoms with Gasteiger partial charge in [0.15, 0.2) is 0 Å². The van der Waals surface area contributed by atoms with Gasteiger partial charge in [-0.25, -0.2) is 0 Å². The maximum atomic E-state index is 12.9. The molecule has 0 atom stereocenters. The van der Waals surface area contributed by atoms with Crippen molar-refractivity contribution in [2.24, 2.45) is 5.92 Å². The molecule has 144 valence electrons. The van der Waals surface area contributed by atoms with E-state index < -0.39 is 0 Å². The molecular formula is C21H19ClN2O3S. The molecule has 1 saturated heterocycles. The van der Waals surface area contributed by atoms with Gasteiger partial charge >= 0.3 is 0 Å². The first-order chi connectivity index (χ1) is 13.6. The van der Waals surface area contributed by atoms with E-state index in [1.165, 1.54) is 0 Å².